The summed E-state index contributed by atoms with van der Waals surface area (Å²) in [5.74, 6) is -0.551. The zero-order valence-electron chi connectivity index (χ0n) is 24.0. The van der Waals surface area contributed by atoms with Crippen LogP contribution in [0.15, 0.2) is 24.3 Å². The summed E-state index contributed by atoms with van der Waals surface area (Å²) in [6.07, 6.45) is -19.0. The first-order chi connectivity index (χ1) is 21.4. The quantitative estimate of drug-likeness (QED) is 0.138. The Morgan fingerprint density at radius 1 is 0.711 bits per heavy atom. The van der Waals surface area contributed by atoms with Crippen LogP contribution >= 0.6 is 0 Å². The Balaban J connectivity index is 1.62. The first-order valence-electron chi connectivity index (χ1n) is 14.3. The molecule has 0 radical (unpaired) electrons. The zero-order valence-corrected chi connectivity index (χ0v) is 24.0. The average molecular weight is 643 g/mol. The summed E-state index contributed by atoms with van der Waals surface area (Å²) in [4.78, 5) is 0. The van der Waals surface area contributed by atoms with E-state index in [1.54, 1.807) is 12.1 Å². The minimum Gasteiger partial charge on any atom is -0.508 e. The molecule has 0 amide bonds. The van der Waals surface area contributed by atoms with Crippen molar-refractivity contribution >= 4 is 0 Å². The van der Waals surface area contributed by atoms with Crippen LogP contribution in [-0.2, 0) is 16.1 Å². The third-order valence-electron chi connectivity index (χ3n) is 8.34. The van der Waals surface area contributed by atoms with Gasteiger partial charge in [-0.25, -0.2) is 0 Å². The van der Waals surface area contributed by atoms with Crippen molar-refractivity contribution in [3.8, 4) is 23.0 Å². The SMILES string of the molecule is Cc1c(OC2OC(CO)C(O)C(O)C2O)c(CO)c(OC2OC(CO)C(O)C(O)C2O)c2c1OC(c1ccc(O)cc1)CC2O. The Morgan fingerprint density at radius 2 is 1.22 bits per heavy atom. The van der Waals surface area contributed by atoms with E-state index in [1.165, 1.54) is 19.1 Å². The predicted molar refractivity (Wildman–Crippen MR) is 147 cm³/mol. The molecule has 12 unspecified atom stereocenters. The zero-order chi connectivity index (χ0) is 32.7. The Labute approximate surface area is 256 Å². The normalized spacial score (nSPS) is 36.6. The van der Waals surface area contributed by atoms with E-state index in [4.69, 9.17) is 23.7 Å². The summed E-state index contributed by atoms with van der Waals surface area (Å²) in [5.41, 5.74) is 0.557. The molecule has 0 spiro atoms. The van der Waals surface area contributed by atoms with Gasteiger partial charge in [-0.2, -0.15) is 0 Å². The van der Waals surface area contributed by atoms with Crippen LogP contribution in [0.3, 0.4) is 0 Å². The fourth-order valence-electron chi connectivity index (χ4n) is 5.76. The molecule has 11 N–H and O–H groups in total. The van der Waals surface area contributed by atoms with E-state index in [0.717, 1.165) is 0 Å². The molecule has 3 aliphatic rings. The highest BCUT2D eigenvalue weighted by atomic mass is 16.7. The van der Waals surface area contributed by atoms with Crippen LogP contribution in [0.25, 0.3) is 0 Å². The van der Waals surface area contributed by atoms with Crippen LogP contribution in [0.4, 0.5) is 0 Å². The van der Waals surface area contributed by atoms with Gasteiger partial charge in [-0.3, -0.25) is 0 Å². The van der Waals surface area contributed by atoms with E-state index in [2.05, 4.69) is 0 Å². The average Bonchev–Trinajstić information content (AvgIpc) is 3.03. The van der Waals surface area contributed by atoms with Gasteiger partial charge in [0.2, 0.25) is 12.6 Å². The third-order valence-corrected chi connectivity index (χ3v) is 8.34. The predicted octanol–water partition coefficient (Wildman–Crippen LogP) is -2.89. The van der Waals surface area contributed by atoms with Crippen molar-refractivity contribution in [3.05, 3.63) is 46.5 Å². The molecule has 2 aromatic rings. The maximum absolute atomic E-state index is 11.4. The number of phenolic OH excluding ortho intramolecular Hbond substituents is 1. The van der Waals surface area contributed by atoms with E-state index in [0.29, 0.717) is 5.56 Å². The van der Waals surface area contributed by atoms with Gasteiger partial charge in [0.1, 0.15) is 77.9 Å². The first-order valence-corrected chi connectivity index (χ1v) is 14.3. The number of benzene rings is 2. The van der Waals surface area contributed by atoms with Gasteiger partial charge in [0.05, 0.1) is 37.1 Å². The van der Waals surface area contributed by atoms with Gasteiger partial charge in [0.25, 0.3) is 0 Å². The van der Waals surface area contributed by atoms with Crippen molar-refractivity contribution in [2.45, 2.75) is 93.6 Å². The number of hydrogen-bond donors (Lipinski definition) is 11. The second-order valence-electron chi connectivity index (χ2n) is 11.2. The number of aliphatic hydroxyl groups is 10. The molecule has 2 aromatic carbocycles. The van der Waals surface area contributed by atoms with Crippen molar-refractivity contribution in [3.63, 3.8) is 0 Å². The number of ether oxygens (including phenoxy) is 5. The van der Waals surface area contributed by atoms with Crippen LogP contribution in [0, 0.1) is 6.92 Å². The molecule has 3 aliphatic heterocycles. The van der Waals surface area contributed by atoms with Crippen molar-refractivity contribution < 1.29 is 79.9 Å². The van der Waals surface area contributed by atoms with E-state index >= 15 is 0 Å². The molecule has 2 fully saturated rings. The van der Waals surface area contributed by atoms with Gasteiger partial charge in [-0.05, 0) is 24.6 Å². The topological polar surface area (TPSA) is 269 Å². The number of hydrogen-bond acceptors (Lipinski definition) is 16. The Morgan fingerprint density at radius 3 is 1.71 bits per heavy atom. The molecule has 3 heterocycles. The van der Waals surface area contributed by atoms with Crippen LogP contribution in [-0.4, -0.2) is 131 Å². The molecule has 16 nitrogen and oxygen atoms in total. The van der Waals surface area contributed by atoms with E-state index in [-0.39, 0.29) is 46.1 Å². The minimum atomic E-state index is -1.87. The van der Waals surface area contributed by atoms with Crippen molar-refractivity contribution in [1.82, 2.24) is 0 Å². The first kappa shape index (κ1) is 33.5. The summed E-state index contributed by atoms with van der Waals surface area (Å²) in [5, 5.41) is 113. The van der Waals surface area contributed by atoms with Gasteiger partial charge in [0, 0.05) is 12.0 Å². The van der Waals surface area contributed by atoms with E-state index in [1.807, 2.05) is 0 Å². The molecule has 0 bridgehead atoms. The maximum atomic E-state index is 11.4. The van der Waals surface area contributed by atoms with Crippen LogP contribution in [0.1, 0.15) is 40.9 Å². The summed E-state index contributed by atoms with van der Waals surface area (Å²) in [7, 11) is 0. The molecule has 5 rings (SSSR count). The highest BCUT2D eigenvalue weighted by Gasteiger charge is 2.48. The molecule has 0 saturated carbocycles. The molecule has 0 aliphatic carbocycles. The Hall–Kier alpha value is -2.84. The molecule has 12 atom stereocenters. The Bertz CT molecular complexity index is 1320. The summed E-state index contributed by atoms with van der Waals surface area (Å²) < 4.78 is 29.2. The molecular formula is C29H38O16. The lowest BCUT2D eigenvalue weighted by atomic mass is 9.90. The second-order valence-corrected chi connectivity index (χ2v) is 11.2. The number of aliphatic hydroxyl groups excluding tert-OH is 10. The number of aromatic hydroxyl groups is 1. The van der Waals surface area contributed by atoms with Gasteiger partial charge in [-0.1, -0.05) is 12.1 Å². The lowest BCUT2D eigenvalue weighted by molar-refractivity contribution is -0.279. The van der Waals surface area contributed by atoms with Crippen molar-refractivity contribution in [2.24, 2.45) is 0 Å². The summed E-state index contributed by atoms with van der Waals surface area (Å²) in [6.45, 7) is -0.840. The van der Waals surface area contributed by atoms with Gasteiger partial charge < -0.3 is 79.9 Å². The fraction of sp³-hybridized carbons (Fsp3) is 0.586. The minimum absolute atomic E-state index is 0.00436. The molecule has 250 valence electrons. The standard InChI is InChI=1S/C29H38O16/c1-10-25(44-28-23(39)21(37)19(35)16(8-31)42-28)13(7-30)27(45-29-24(40)22(38)20(36)17(9-32)43-29)18-14(34)6-15(41-26(10)18)11-2-4-12(33)5-3-11/h2-5,14-17,19-24,28-40H,6-9H2,1H3. The van der Waals surface area contributed by atoms with Crippen LogP contribution in [0.2, 0.25) is 0 Å². The number of phenols is 1. The number of fused-ring (bicyclic) bond motifs is 1. The van der Waals surface area contributed by atoms with E-state index in [9.17, 15) is 56.2 Å². The highest BCUT2D eigenvalue weighted by molar-refractivity contribution is 5.64. The maximum Gasteiger partial charge on any atom is 0.229 e. The molecular weight excluding hydrogens is 604 g/mol. The van der Waals surface area contributed by atoms with Crippen molar-refractivity contribution in [2.75, 3.05) is 13.2 Å². The molecule has 16 heteroatoms. The highest BCUT2D eigenvalue weighted by Crippen LogP contribution is 2.53. The lowest BCUT2D eigenvalue weighted by Crippen LogP contribution is -2.60. The van der Waals surface area contributed by atoms with E-state index < -0.39 is 93.4 Å². The van der Waals surface area contributed by atoms with Gasteiger partial charge in [0.15, 0.2) is 0 Å². The number of rotatable bonds is 8. The molecule has 45 heavy (non-hydrogen) atoms. The monoisotopic (exact) mass is 642 g/mol. The van der Waals surface area contributed by atoms with Crippen LogP contribution < -0.4 is 14.2 Å². The smallest absolute Gasteiger partial charge is 0.229 e. The molecule has 2 saturated heterocycles. The van der Waals surface area contributed by atoms with Gasteiger partial charge >= 0.3 is 0 Å². The largest absolute Gasteiger partial charge is 0.508 e. The fourth-order valence-corrected chi connectivity index (χ4v) is 5.76. The van der Waals surface area contributed by atoms with Gasteiger partial charge in [-0.15, -0.1) is 0 Å². The van der Waals surface area contributed by atoms with Crippen LogP contribution in [0.5, 0.6) is 23.0 Å². The summed E-state index contributed by atoms with van der Waals surface area (Å²) >= 11 is 0. The third kappa shape index (κ3) is 6.17. The second kappa shape index (κ2) is 13.5. The lowest BCUT2D eigenvalue weighted by Gasteiger charge is -2.42. The van der Waals surface area contributed by atoms with Crippen molar-refractivity contribution in [1.29, 1.82) is 0 Å². The summed E-state index contributed by atoms with van der Waals surface area (Å²) in [6, 6.07) is 6.05. The molecule has 0 aromatic heterocycles. The Kier molecular flexibility index (Phi) is 10.0.